The second-order valence-electron chi connectivity index (χ2n) is 34.9. The largest absolute Gasteiger partial charge is 0.455 e. The van der Waals surface area contributed by atoms with Crippen molar-refractivity contribution in [1.29, 1.82) is 0 Å². The molecule has 0 fully saturated rings. The molecule has 0 saturated carbocycles. The first-order chi connectivity index (χ1) is 59.6. The molecule has 2 aliphatic rings. The van der Waals surface area contributed by atoms with E-state index in [1.54, 1.807) is 0 Å². The Morgan fingerprint density at radius 3 is 1.15 bits per heavy atom. The van der Waals surface area contributed by atoms with Gasteiger partial charge in [-0.25, -0.2) is 0 Å². The van der Waals surface area contributed by atoms with Crippen LogP contribution in [0.4, 0.5) is 0 Å². The zero-order valence-corrected chi connectivity index (χ0v) is 66.7. The maximum absolute atomic E-state index is 6.51. The molecular formula is C114H72N6O. The van der Waals surface area contributed by atoms with E-state index in [9.17, 15) is 0 Å². The van der Waals surface area contributed by atoms with Crippen LogP contribution in [0.1, 0.15) is 49.9 Å². The third-order valence-corrected chi connectivity index (χ3v) is 28.2. The minimum atomic E-state index is -0.0704. The van der Waals surface area contributed by atoms with E-state index in [1.807, 2.05) is 6.07 Å². The monoisotopic (exact) mass is 1540 g/mol. The summed E-state index contributed by atoms with van der Waals surface area (Å²) < 4.78 is 21.3. The molecule has 10 aromatic heterocycles. The molecule has 0 saturated heterocycles. The van der Waals surface area contributed by atoms with Gasteiger partial charge in [-0.05, 0) is 178 Å². The van der Waals surface area contributed by atoms with Crippen molar-refractivity contribution in [2.24, 2.45) is 0 Å². The summed E-state index contributed by atoms with van der Waals surface area (Å²) in [5, 5.41) is 25.9. The third kappa shape index (κ3) is 8.32. The first-order valence-electron chi connectivity index (χ1n) is 42.3. The summed E-state index contributed by atoms with van der Waals surface area (Å²) in [6, 6.07) is 134. The van der Waals surface area contributed by atoms with Crippen LogP contribution in [0.3, 0.4) is 0 Å². The van der Waals surface area contributed by atoms with E-state index < -0.39 is 0 Å². The van der Waals surface area contributed by atoms with Gasteiger partial charge in [0.15, 0.2) is 0 Å². The normalized spacial score (nSPS) is 13.8. The zero-order chi connectivity index (χ0) is 79.3. The van der Waals surface area contributed by atoms with Gasteiger partial charge in [0.05, 0.1) is 88.1 Å². The lowest BCUT2D eigenvalue weighted by Gasteiger charge is -2.22. The fourth-order valence-electron chi connectivity index (χ4n) is 23.2. The van der Waals surface area contributed by atoms with Crippen molar-refractivity contribution in [1.82, 2.24) is 26.9 Å². The summed E-state index contributed by atoms with van der Waals surface area (Å²) in [6.45, 7) is 9.58. The van der Waals surface area contributed by atoms with Crippen molar-refractivity contribution in [3.63, 3.8) is 0 Å². The van der Waals surface area contributed by atoms with E-state index in [2.05, 4.69) is 413 Å². The fraction of sp³-hybridized carbons (Fsp3) is 0.0526. The minimum Gasteiger partial charge on any atom is -0.455 e. The van der Waals surface area contributed by atoms with Crippen LogP contribution < -0.4 is 0 Å². The molecule has 564 valence electrons. The topological polar surface area (TPSA) is 41.2 Å². The number of fused-ring (bicyclic) bond motifs is 39. The molecular weight excluding hydrogens is 1470 g/mol. The van der Waals surface area contributed by atoms with Crippen LogP contribution >= 0.6 is 0 Å². The summed E-state index contributed by atoms with van der Waals surface area (Å²) >= 11 is 0. The van der Waals surface area contributed by atoms with Gasteiger partial charge in [-0.2, -0.15) is 0 Å². The average molecular weight is 1540 g/mol. The van der Waals surface area contributed by atoms with Crippen LogP contribution in [0.5, 0.6) is 0 Å². The van der Waals surface area contributed by atoms with Gasteiger partial charge in [-0.3, -0.25) is 0 Å². The molecule has 2 aliphatic carbocycles. The smallest absolute Gasteiger partial charge is 0.145 e. The van der Waals surface area contributed by atoms with Gasteiger partial charge < -0.3 is 31.3 Å². The summed E-state index contributed by atoms with van der Waals surface area (Å²) in [5.41, 5.74) is 35.5. The number of hydrogen-bond donors (Lipinski definition) is 0. The van der Waals surface area contributed by atoms with Crippen molar-refractivity contribution < 1.29 is 4.42 Å². The quantitative estimate of drug-likeness (QED) is 0.174. The predicted octanol–water partition coefficient (Wildman–Crippen LogP) is 30.3. The van der Waals surface area contributed by atoms with Crippen LogP contribution in [-0.4, -0.2) is 26.9 Å². The van der Waals surface area contributed by atoms with Gasteiger partial charge in [0.25, 0.3) is 0 Å². The molecule has 121 heavy (non-hydrogen) atoms. The Morgan fingerprint density at radius 1 is 0.207 bits per heavy atom. The van der Waals surface area contributed by atoms with Crippen molar-refractivity contribution in [3.8, 4) is 39.3 Å². The molecule has 0 spiro atoms. The zero-order valence-electron chi connectivity index (χ0n) is 66.7. The van der Waals surface area contributed by atoms with E-state index >= 15 is 0 Å². The van der Waals surface area contributed by atoms with Gasteiger partial charge in [0, 0.05) is 130 Å². The second-order valence-corrected chi connectivity index (χ2v) is 34.9. The van der Waals surface area contributed by atoms with Gasteiger partial charge >= 0.3 is 0 Å². The molecule has 0 N–H and O–H groups in total. The lowest BCUT2D eigenvalue weighted by atomic mass is 9.80. The highest BCUT2D eigenvalue weighted by molar-refractivity contribution is 6.34. The lowest BCUT2D eigenvalue weighted by Crippen LogP contribution is -2.15. The SMILES string of the molecule is CC1(C)c2ccccc2-c2c1cc1c3cc4c5ccccc5n(-c5ccccc5)c4cc3n3c4ccccc4c2c13.CC1(C)c2ccccc2-c2cc3c4cc5c6ccccc6n(-c6ccccc6)c5cc4n4c5ccccc5c(c21)c34.c1ccc(-n2c3ccccc3c3cc4c5cccc6c7c8oc9ccccc9c8ccc7n(c4cc32)c56)cc1. The number of furan rings is 1. The van der Waals surface area contributed by atoms with Crippen LogP contribution in [-0.2, 0) is 10.8 Å². The van der Waals surface area contributed by atoms with Crippen LogP contribution in [0.25, 0.3) is 241 Å². The van der Waals surface area contributed by atoms with Gasteiger partial charge in [0.2, 0.25) is 0 Å². The van der Waals surface area contributed by atoms with E-state index in [4.69, 9.17) is 4.42 Å². The van der Waals surface area contributed by atoms with Gasteiger partial charge in [-0.15, -0.1) is 0 Å². The minimum absolute atomic E-state index is 0.0595. The number of nitrogens with zero attached hydrogens (tertiary/aromatic N) is 6. The Balaban J connectivity index is 0.0000000937. The number of benzene rings is 18. The fourth-order valence-corrected chi connectivity index (χ4v) is 23.2. The third-order valence-electron chi connectivity index (χ3n) is 28.2. The van der Waals surface area contributed by atoms with Crippen LogP contribution in [0.2, 0.25) is 0 Å². The van der Waals surface area contributed by atoms with Crippen LogP contribution in [0, 0.1) is 0 Å². The summed E-state index contributed by atoms with van der Waals surface area (Å²) in [5.74, 6) is 0. The van der Waals surface area contributed by atoms with Crippen molar-refractivity contribution in [2.75, 3.05) is 0 Å². The molecule has 10 heterocycles. The standard InChI is InChI=1S/2C39H26N2.C36H20N2O/c1-39(2)30-17-9-6-15-25(30)36-31(39)21-29-28-20-27-24-14-7-10-18-32(24)40(23-12-4-3-5-13-23)34(27)22-35(28)41-33-19-11-8-16-26(33)37(36)38(29)41;1-39(2)31-17-9-6-14-24(31)29-21-30-28-20-27-25-15-7-10-18-32(25)40(23-12-4-3-5-13-23)34(27)22-35(28)41-33-19-11-8-16-26(33)36(37(29)39)38(30)41;1-2-9-21(10-3-1)37-29-15-6-4-11-22(29)27-19-28-24-13-8-14-26-34-30(38(35(24)26)32(28)20-31(27)37)18-17-25-23-12-5-7-16-33(23)39-36(25)34/h2*3-22H,1-2H3;1-20H. The van der Waals surface area contributed by atoms with E-state index in [0.29, 0.717) is 0 Å². The Labute approximate surface area is 692 Å². The van der Waals surface area contributed by atoms with E-state index in [-0.39, 0.29) is 10.8 Å². The first-order valence-corrected chi connectivity index (χ1v) is 42.3. The molecule has 0 radical (unpaired) electrons. The number of aromatic nitrogens is 6. The highest BCUT2D eigenvalue weighted by atomic mass is 16.3. The Kier molecular flexibility index (Phi) is 12.6. The number of para-hydroxylation sites is 10. The van der Waals surface area contributed by atoms with E-state index in [1.165, 1.54) is 247 Å². The molecule has 0 atom stereocenters. The maximum Gasteiger partial charge on any atom is 0.145 e. The second kappa shape index (κ2) is 23.3. The summed E-state index contributed by atoms with van der Waals surface area (Å²) in [6.07, 6.45) is 0. The Hall–Kier alpha value is -15.4. The number of hydrogen-bond acceptors (Lipinski definition) is 1. The van der Waals surface area contributed by atoms with Gasteiger partial charge in [0.1, 0.15) is 11.2 Å². The van der Waals surface area contributed by atoms with Crippen LogP contribution in [0.15, 0.2) is 368 Å². The average Bonchev–Trinajstić information content (AvgIpc) is 1.51. The lowest BCUT2D eigenvalue weighted by molar-refractivity contribution is 0.661. The molecule has 7 nitrogen and oxygen atoms in total. The Morgan fingerprint density at radius 2 is 0.603 bits per heavy atom. The molecule has 0 unspecified atom stereocenters. The van der Waals surface area contributed by atoms with E-state index in [0.717, 1.165) is 16.6 Å². The first kappa shape index (κ1) is 65.7. The molecule has 0 aliphatic heterocycles. The summed E-state index contributed by atoms with van der Waals surface area (Å²) in [4.78, 5) is 0. The molecule has 7 heteroatoms. The molecule has 0 amide bonds. The number of rotatable bonds is 3. The molecule has 18 aromatic carbocycles. The Bertz CT molecular complexity index is 9350. The van der Waals surface area contributed by atoms with Crippen molar-refractivity contribution >= 4 is 202 Å². The molecule has 0 bridgehead atoms. The van der Waals surface area contributed by atoms with Crippen molar-refractivity contribution in [2.45, 2.75) is 38.5 Å². The summed E-state index contributed by atoms with van der Waals surface area (Å²) in [7, 11) is 0. The maximum atomic E-state index is 6.51. The van der Waals surface area contributed by atoms with Crippen molar-refractivity contribution in [3.05, 3.63) is 386 Å². The predicted molar refractivity (Wildman–Crippen MR) is 509 cm³/mol. The highest BCUT2D eigenvalue weighted by Gasteiger charge is 2.41. The molecule has 30 rings (SSSR count). The van der Waals surface area contributed by atoms with Gasteiger partial charge in [-0.1, -0.05) is 258 Å². The highest BCUT2D eigenvalue weighted by Crippen LogP contribution is 2.59. The molecule has 28 aromatic rings.